The number of aromatic hydroxyl groups is 1. The predicted molar refractivity (Wildman–Crippen MR) is 63.3 cm³/mol. The highest BCUT2D eigenvalue weighted by Crippen LogP contribution is 2.30. The van der Waals surface area contributed by atoms with Gasteiger partial charge in [0.25, 0.3) is 0 Å². The lowest BCUT2D eigenvalue weighted by molar-refractivity contribution is 0.470. The molecule has 0 aliphatic carbocycles. The lowest BCUT2D eigenvalue weighted by Gasteiger charge is -2.07. The molecule has 5 nitrogen and oxygen atoms in total. The molecular formula is C11H4BrFN4O. The number of benzene rings is 1. The van der Waals surface area contributed by atoms with E-state index in [9.17, 15) is 9.50 Å². The van der Waals surface area contributed by atoms with Crippen molar-refractivity contribution in [3.63, 3.8) is 0 Å². The van der Waals surface area contributed by atoms with Crippen molar-refractivity contribution in [2.45, 2.75) is 0 Å². The van der Waals surface area contributed by atoms with Crippen LogP contribution in [0.25, 0.3) is 0 Å². The fourth-order valence-corrected chi connectivity index (χ4v) is 1.37. The van der Waals surface area contributed by atoms with Gasteiger partial charge >= 0.3 is 0 Å². The third-order valence-corrected chi connectivity index (χ3v) is 2.52. The smallest absolute Gasteiger partial charge is 0.163 e. The molecule has 0 amide bonds. The van der Waals surface area contributed by atoms with E-state index >= 15 is 0 Å². The van der Waals surface area contributed by atoms with Crippen LogP contribution in [0.1, 0.15) is 0 Å². The Kier molecular flexibility index (Phi) is 4.26. The number of hydrogen-bond acceptors (Lipinski definition) is 5. The summed E-state index contributed by atoms with van der Waals surface area (Å²) in [5.74, 6) is -0.991. The average Bonchev–Trinajstić information content (AvgIpc) is 2.35. The van der Waals surface area contributed by atoms with Gasteiger partial charge in [-0.2, -0.15) is 15.8 Å². The monoisotopic (exact) mass is 306 g/mol. The van der Waals surface area contributed by atoms with Gasteiger partial charge in [-0.1, -0.05) is 0 Å². The van der Waals surface area contributed by atoms with Crippen molar-refractivity contribution >= 4 is 21.6 Å². The highest BCUT2D eigenvalue weighted by Gasteiger charge is 2.11. The zero-order chi connectivity index (χ0) is 13.7. The zero-order valence-corrected chi connectivity index (χ0v) is 10.3. The number of halogens is 2. The first-order chi connectivity index (χ1) is 8.53. The molecule has 0 aromatic heterocycles. The van der Waals surface area contributed by atoms with Gasteiger partial charge in [0.2, 0.25) is 0 Å². The van der Waals surface area contributed by atoms with E-state index in [0.717, 1.165) is 12.1 Å². The molecule has 7 heteroatoms. The SMILES string of the molecule is N#CC(C#N)=C(C#N)Nc1cc(O)c(Br)cc1F. The third kappa shape index (κ3) is 2.76. The van der Waals surface area contributed by atoms with Crippen molar-refractivity contribution in [3.8, 4) is 24.0 Å². The number of anilines is 1. The molecule has 1 aromatic carbocycles. The van der Waals surface area contributed by atoms with E-state index in [0.29, 0.717) is 0 Å². The van der Waals surface area contributed by atoms with Crippen molar-refractivity contribution in [3.05, 3.63) is 33.7 Å². The molecule has 88 valence electrons. The van der Waals surface area contributed by atoms with Crippen molar-refractivity contribution < 1.29 is 9.50 Å². The highest BCUT2D eigenvalue weighted by atomic mass is 79.9. The summed E-state index contributed by atoms with van der Waals surface area (Å²) in [5.41, 5.74) is -1.07. The van der Waals surface area contributed by atoms with Gasteiger partial charge in [0, 0.05) is 6.07 Å². The maximum atomic E-state index is 13.5. The summed E-state index contributed by atoms with van der Waals surface area (Å²) in [6.45, 7) is 0. The van der Waals surface area contributed by atoms with Crippen LogP contribution >= 0.6 is 15.9 Å². The van der Waals surface area contributed by atoms with Crippen molar-refractivity contribution in [2.75, 3.05) is 5.32 Å². The number of nitriles is 3. The molecule has 0 aliphatic heterocycles. The van der Waals surface area contributed by atoms with Gasteiger partial charge in [-0.15, -0.1) is 0 Å². The molecule has 0 heterocycles. The van der Waals surface area contributed by atoms with Crippen LogP contribution in [-0.2, 0) is 0 Å². The summed E-state index contributed by atoms with van der Waals surface area (Å²) in [7, 11) is 0. The van der Waals surface area contributed by atoms with Crippen molar-refractivity contribution in [2.24, 2.45) is 0 Å². The highest BCUT2D eigenvalue weighted by molar-refractivity contribution is 9.10. The van der Waals surface area contributed by atoms with Crippen LogP contribution in [-0.4, -0.2) is 5.11 Å². The maximum Gasteiger partial charge on any atom is 0.163 e. The molecule has 0 atom stereocenters. The van der Waals surface area contributed by atoms with Crippen molar-refractivity contribution in [1.82, 2.24) is 0 Å². The van der Waals surface area contributed by atoms with Crippen LogP contribution in [0, 0.1) is 39.8 Å². The van der Waals surface area contributed by atoms with Crippen molar-refractivity contribution in [1.29, 1.82) is 15.8 Å². The standard InChI is InChI=1S/C11H4BrFN4O/c12-7-1-8(13)9(2-11(7)18)17-10(5-16)6(3-14)4-15/h1-2,17-18H. The van der Waals surface area contributed by atoms with Gasteiger partial charge in [0.15, 0.2) is 5.57 Å². The normalized spacial score (nSPS) is 8.61. The number of nitrogens with one attached hydrogen (secondary N) is 1. The van der Waals surface area contributed by atoms with E-state index in [1.165, 1.54) is 12.1 Å². The first-order valence-corrected chi connectivity index (χ1v) is 5.22. The first-order valence-electron chi connectivity index (χ1n) is 4.43. The van der Waals surface area contributed by atoms with Crippen LogP contribution < -0.4 is 5.32 Å². The summed E-state index contributed by atoms with van der Waals surface area (Å²) in [4.78, 5) is 0. The number of nitrogens with zero attached hydrogens (tertiary/aromatic N) is 3. The molecular weight excluding hydrogens is 303 g/mol. The second kappa shape index (κ2) is 5.67. The van der Waals surface area contributed by atoms with E-state index in [1.807, 2.05) is 0 Å². The molecule has 1 aromatic rings. The fraction of sp³-hybridized carbons (Fsp3) is 0. The summed E-state index contributed by atoms with van der Waals surface area (Å²) < 4.78 is 13.6. The second-order valence-electron chi connectivity index (χ2n) is 2.99. The second-order valence-corrected chi connectivity index (χ2v) is 3.85. The lowest BCUT2D eigenvalue weighted by atomic mass is 10.2. The molecule has 18 heavy (non-hydrogen) atoms. The minimum atomic E-state index is -0.748. The van der Waals surface area contributed by atoms with Crippen LogP contribution in [0.4, 0.5) is 10.1 Å². The summed E-state index contributed by atoms with van der Waals surface area (Å²) in [6, 6.07) is 6.61. The van der Waals surface area contributed by atoms with Gasteiger partial charge in [-0.05, 0) is 22.0 Å². The Hall–Kier alpha value is -2.56. The van der Waals surface area contributed by atoms with Crippen LogP contribution in [0.5, 0.6) is 5.75 Å². The zero-order valence-electron chi connectivity index (χ0n) is 8.70. The van der Waals surface area contributed by atoms with Crippen LogP contribution in [0.15, 0.2) is 27.9 Å². The number of rotatable bonds is 2. The molecule has 0 spiro atoms. The maximum absolute atomic E-state index is 13.5. The number of allylic oxidation sites excluding steroid dienone is 2. The molecule has 2 N–H and O–H groups in total. The largest absolute Gasteiger partial charge is 0.507 e. The molecule has 0 unspecified atom stereocenters. The number of phenolic OH excluding ortho intramolecular Hbond substituents is 1. The predicted octanol–water partition coefficient (Wildman–Crippen LogP) is 2.53. The molecule has 1 rings (SSSR count). The van der Waals surface area contributed by atoms with Gasteiger partial charge < -0.3 is 10.4 Å². The molecule has 0 fully saturated rings. The minimum absolute atomic E-state index is 0.147. The van der Waals surface area contributed by atoms with E-state index in [-0.39, 0.29) is 21.6 Å². The van der Waals surface area contributed by atoms with E-state index in [4.69, 9.17) is 15.8 Å². The quantitative estimate of drug-likeness (QED) is 0.817. The average molecular weight is 307 g/mol. The molecule has 0 bridgehead atoms. The Morgan fingerprint density at radius 1 is 1.22 bits per heavy atom. The topological polar surface area (TPSA) is 104 Å². The van der Waals surface area contributed by atoms with E-state index < -0.39 is 11.4 Å². The van der Waals surface area contributed by atoms with Crippen LogP contribution in [0.2, 0.25) is 0 Å². The van der Waals surface area contributed by atoms with Crippen LogP contribution in [0.3, 0.4) is 0 Å². The molecule has 0 radical (unpaired) electrons. The Labute approximate surface area is 110 Å². The fourth-order valence-electron chi connectivity index (χ4n) is 1.05. The number of phenols is 1. The first kappa shape index (κ1) is 13.5. The van der Waals surface area contributed by atoms with Gasteiger partial charge in [-0.3, -0.25) is 0 Å². The minimum Gasteiger partial charge on any atom is -0.507 e. The Balaban J connectivity index is 3.26. The Morgan fingerprint density at radius 2 is 1.83 bits per heavy atom. The summed E-state index contributed by atoms with van der Waals surface area (Å²) in [6.07, 6.45) is 0. The van der Waals surface area contributed by atoms with Gasteiger partial charge in [-0.25, -0.2) is 4.39 Å². The molecule has 0 aliphatic rings. The Morgan fingerprint density at radius 3 is 2.33 bits per heavy atom. The van der Waals surface area contributed by atoms with E-state index in [1.54, 1.807) is 6.07 Å². The number of hydrogen-bond donors (Lipinski definition) is 2. The molecule has 0 saturated heterocycles. The third-order valence-electron chi connectivity index (χ3n) is 1.88. The van der Waals surface area contributed by atoms with Gasteiger partial charge in [0.1, 0.15) is 35.5 Å². The lowest BCUT2D eigenvalue weighted by Crippen LogP contribution is -2.02. The Bertz CT molecular complexity index is 633. The summed E-state index contributed by atoms with van der Waals surface area (Å²) in [5, 5.41) is 37.6. The molecule has 0 saturated carbocycles. The van der Waals surface area contributed by atoms with Gasteiger partial charge in [0.05, 0.1) is 10.2 Å². The summed E-state index contributed by atoms with van der Waals surface area (Å²) >= 11 is 2.92. The van der Waals surface area contributed by atoms with E-state index in [2.05, 4.69) is 21.2 Å².